The molecule has 0 spiro atoms. The van der Waals surface area contributed by atoms with Gasteiger partial charge in [-0.3, -0.25) is 4.79 Å². The van der Waals surface area contributed by atoms with Crippen molar-refractivity contribution in [3.63, 3.8) is 0 Å². The summed E-state index contributed by atoms with van der Waals surface area (Å²) in [6.45, 7) is 0. The van der Waals surface area contributed by atoms with E-state index in [-0.39, 0.29) is 18.3 Å². The van der Waals surface area contributed by atoms with Gasteiger partial charge in [0.1, 0.15) is 0 Å². The van der Waals surface area contributed by atoms with Gasteiger partial charge in [0.25, 0.3) is 0 Å². The zero-order chi connectivity index (χ0) is 20.8. The molecule has 3 rings (SSSR count). The highest BCUT2D eigenvalue weighted by Crippen LogP contribution is 2.40. The molecule has 0 saturated heterocycles. The largest absolute Gasteiger partial charge is 0.481 e. The second kappa shape index (κ2) is 10.5. The topological polar surface area (TPSA) is 111 Å². The summed E-state index contributed by atoms with van der Waals surface area (Å²) in [5.74, 6) is -0.730. The molecule has 7 heteroatoms. The number of carboxylic acids is 1. The third-order valence-corrected chi connectivity index (χ3v) is 7.02. The van der Waals surface area contributed by atoms with E-state index in [1.807, 2.05) is 18.2 Å². The first-order valence-corrected chi connectivity index (χ1v) is 11.4. The van der Waals surface area contributed by atoms with Crippen molar-refractivity contribution in [3.05, 3.63) is 29.3 Å². The van der Waals surface area contributed by atoms with Crippen molar-refractivity contribution in [3.8, 4) is 0 Å². The Labute approximate surface area is 175 Å². The molecule has 0 amide bonds. The summed E-state index contributed by atoms with van der Waals surface area (Å²) in [5.41, 5.74) is 3.53. The molecule has 0 radical (unpaired) electrons. The first-order valence-electron chi connectivity index (χ1n) is 10.5. The first-order chi connectivity index (χ1) is 14.0. The lowest BCUT2D eigenvalue weighted by atomic mass is 9.84. The molecule has 5 atom stereocenters. The fraction of sp³-hybridized carbons (Fsp3) is 0.636. The molecule has 1 saturated carbocycles. The lowest BCUT2D eigenvalue weighted by molar-refractivity contribution is -0.137. The van der Waals surface area contributed by atoms with Crippen molar-refractivity contribution in [2.75, 3.05) is 0 Å². The molecule has 0 bridgehead atoms. The summed E-state index contributed by atoms with van der Waals surface area (Å²) in [6.07, 6.45) is 4.42. The van der Waals surface area contributed by atoms with Crippen molar-refractivity contribution in [1.82, 2.24) is 4.98 Å². The standard InChI is InChI=1S/C22H31NO5S/c24-18(14-7-10-21-17(11-14)23-13-29-21)9-8-16-15(19(25)12-20(16)26)5-3-1-2-4-6-22(27)28/h7,10-11,13,15-16,18-20,24-26H,1-6,8-9,12H2,(H,27,28)/t15-,16?,18?,19+,20-/m1/s1. The number of aliphatic hydroxyl groups excluding tert-OH is 3. The van der Waals surface area contributed by atoms with Gasteiger partial charge >= 0.3 is 5.97 Å². The number of carboxylic acid groups (broad SMARTS) is 1. The molecule has 4 N–H and O–H groups in total. The number of carbonyl (C=O) groups is 1. The number of hydrogen-bond acceptors (Lipinski definition) is 6. The van der Waals surface area contributed by atoms with E-state index >= 15 is 0 Å². The maximum Gasteiger partial charge on any atom is 0.303 e. The monoisotopic (exact) mass is 421 g/mol. The number of thiazole rings is 1. The smallest absolute Gasteiger partial charge is 0.303 e. The fourth-order valence-electron chi connectivity index (χ4n) is 4.59. The highest BCUT2D eigenvalue weighted by molar-refractivity contribution is 7.16. The van der Waals surface area contributed by atoms with Gasteiger partial charge < -0.3 is 20.4 Å². The van der Waals surface area contributed by atoms with Crippen LogP contribution in [0.1, 0.15) is 69.5 Å². The first kappa shape index (κ1) is 22.2. The minimum absolute atomic E-state index is 0.0123. The van der Waals surface area contributed by atoms with Crippen LogP contribution in [-0.4, -0.2) is 43.6 Å². The van der Waals surface area contributed by atoms with E-state index in [2.05, 4.69) is 4.98 Å². The third kappa shape index (κ3) is 5.98. The molecule has 1 aliphatic rings. The summed E-state index contributed by atoms with van der Waals surface area (Å²) in [6, 6.07) is 5.83. The van der Waals surface area contributed by atoms with Crippen LogP contribution in [0.5, 0.6) is 0 Å². The molecule has 1 aliphatic carbocycles. The molecule has 1 aromatic heterocycles. The summed E-state index contributed by atoms with van der Waals surface area (Å²) in [4.78, 5) is 14.9. The van der Waals surface area contributed by atoms with Crippen molar-refractivity contribution >= 4 is 27.5 Å². The van der Waals surface area contributed by atoms with Crippen LogP contribution in [0.25, 0.3) is 10.2 Å². The number of unbranched alkanes of at least 4 members (excludes halogenated alkanes) is 3. The molecular weight excluding hydrogens is 390 g/mol. The molecular formula is C22H31NO5S. The van der Waals surface area contributed by atoms with E-state index in [0.717, 1.165) is 41.5 Å². The maximum atomic E-state index is 10.6. The van der Waals surface area contributed by atoms with Crippen LogP contribution in [-0.2, 0) is 4.79 Å². The Bertz CT molecular complexity index is 794. The average Bonchev–Trinajstić information content (AvgIpc) is 3.25. The minimum Gasteiger partial charge on any atom is -0.481 e. The van der Waals surface area contributed by atoms with E-state index in [9.17, 15) is 20.1 Å². The van der Waals surface area contributed by atoms with Gasteiger partial charge in [0, 0.05) is 6.42 Å². The predicted octanol–water partition coefficient (Wildman–Crippen LogP) is 3.89. The lowest BCUT2D eigenvalue weighted by Gasteiger charge is -2.24. The van der Waals surface area contributed by atoms with Gasteiger partial charge in [-0.2, -0.15) is 0 Å². The highest BCUT2D eigenvalue weighted by Gasteiger charge is 2.40. The van der Waals surface area contributed by atoms with Crippen molar-refractivity contribution in [2.24, 2.45) is 11.8 Å². The zero-order valence-corrected chi connectivity index (χ0v) is 17.4. The second-order valence-electron chi connectivity index (χ2n) is 8.22. The van der Waals surface area contributed by atoms with Crippen LogP contribution in [0.15, 0.2) is 23.7 Å². The van der Waals surface area contributed by atoms with E-state index in [0.29, 0.717) is 25.7 Å². The minimum atomic E-state index is -0.758. The number of aromatic nitrogens is 1. The predicted molar refractivity (Wildman–Crippen MR) is 113 cm³/mol. The molecule has 6 nitrogen and oxygen atoms in total. The number of nitrogens with zero attached hydrogens (tertiary/aromatic N) is 1. The summed E-state index contributed by atoms with van der Waals surface area (Å²) in [5, 5.41) is 40.1. The molecule has 1 aromatic carbocycles. The van der Waals surface area contributed by atoms with Crippen LogP contribution in [0.3, 0.4) is 0 Å². The lowest BCUT2D eigenvalue weighted by Crippen LogP contribution is -2.23. The van der Waals surface area contributed by atoms with E-state index in [1.165, 1.54) is 0 Å². The van der Waals surface area contributed by atoms with Gasteiger partial charge in [-0.05, 0) is 61.6 Å². The van der Waals surface area contributed by atoms with Crippen molar-refractivity contribution < 1.29 is 25.2 Å². The average molecular weight is 422 g/mol. The fourth-order valence-corrected chi connectivity index (χ4v) is 5.25. The van der Waals surface area contributed by atoms with Crippen LogP contribution < -0.4 is 0 Å². The number of rotatable bonds is 11. The Kier molecular flexibility index (Phi) is 8.00. The summed E-state index contributed by atoms with van der Waals surface area (Å²) >= 11 is 1.57. The van der Waals surface area contributed by atoms with E-state index in [1.54, 1.807) is 16.8 Å². The molecule has 2 unspecified atom stereocenters. The molecule has 0 aliphatic heterocycles. The Balaban J connectivity index is 1.48. The van der Waals surface area contributed by atoms with Gasteiger partial charge in [0.2, 0.25) is 0 Å². The number of aliphatic hydroxyl groups is 3. The zero-order valence-electron chi connectivity index (χ0n) is 16.6. The van der Waals surface area contributed by atoms with Crippen LogP contribution >= 0.6 is 11.3 Å². The van der Waals surface area contributed by atoms with Gasteiger partial charge in [0.05, 0.1) is 34.0 Å². The maximum absolute atomic E-state index is 10.6. The molecule has 1 fully saturated rings. The van der Waals surface area contributed by atoms with Crippen LogP contribution in [0, 0.1) is 11.8 Å². The quantitative estimate of drug-likeness (QED) is 0.410. The van der Waals surface area contributed by atoms with Crippen molar-refractivity contribution in [1.29, 1.82) is 0 Å². The Morgan fingerprint density at radius 1 is 1.10 bits per heavy atom. The molecule has 2 aromatic rings. The number of hydrogen-bond donors (Lipinski definition) is 4. The van der Waals surface area contributed by atoms with Gasteiger partial charge in [-0.1, -0.05) is 25.3 Å². The second-order valence-corrected chi connectivity index (χ2v) is 9.10. The SMILES string of the molecule is O=C(O)CCCCCC[C@@H]1C(CCC(O)c2ccc3scnc3c2)[C@H](O)C[C@@H]1O. The number of aliphatic carboxylic acids is 1. The van der Waals surface area contributed by atoms with E-state index in [4.69, 9.17) is 5.11 Å². The Hall–Kier alpha value is -1.54. The highest BCUT2D eigenvalue weighted by atomic mass is 32.1. The molecule has 1 heterocycles. The third-order valence-electron chi connectivity index (χ3n) is 6.21. The van der Waals surface area contributed by atoms with E-state index < -0.39 is 24.3 Å². The Morgan fingerprint density at radius 3 is 2.59 bits per heavy atom. The van der Waals surface area contributed by atoms with Gasteiger partial charge in [-0.15, -0.1) is 11.3 Å². The van der Waals surface area contributed by atoms with Gasteiger partial charge in [0.15, 0.2) is 0 Å². The molecule has 29 heavy (non-hydrogen) atoms. The van der Waals surface area contributed by atoms with Crippen LogP contribution in [0.4, 0.5) is 0 Å². The number of benzene rings is 1. The normalized spacial score (nSPS) is 25.5. The number of fused-ring (bicyclic) bond motifs is 1. The van der Waals surface area contributed by atoms with Gasteiger partial charge in [-0.25, -0.2) is 4.98 Å². The van der Waals surface area contributed by atoms with Crippen LogP contribution in [0.2, 0.25) is 0 Å². The van der Waals surface area contributed by atoms with Crippen molar-refractivity contribution in [2.45, 2.75) is 76.1 Å². The summed E-state index contributed by atoms with van der Waals surface area (Å²) < 4.78 is 1.10. The molecule has 160 valence electrons. The Morgan fingerprint density at radius 2 is 1.83 bits per heavy atom. The summed E-state index contributed by atoms with van der Waals surface area (Å²) in [7, 11) is 0.